The number of fused-ring (bicyclic) bond motifs is 1. The van der Waals surface area contributed by atoms with Crippen molar-refractivity contribution in [2.24, 2.45) is 0 Å². The Hall–Kier alpha value is -5.67. The van der Waals surface area contributed by atoms with Crippen LogP contribution in [0, 0.1) is 18.3 Å². The molecule has 0 radical (unpaired) electrons. The van der Waals surface area contributed by atoms with Crippen LogP contribution >= 0.6 is 0 Å². The van der Waals surface area contributed by atoms with Gasteiger partial charge in [-0.2, -0.15) is 5.26 Å². The summed E-state index contributed by atoms with van der Waals surface area (Å²) in [6, 6.07) is 20.4. The van der Waals surface area contributed by atoms with Gasteiger partial charge in [0.25, 0.3) is 0 Å². The molecule has 0 spiro atoms. The molecule has 44 heavy (non-hydrogen) atoms. The summed E-state index contributed by atoms with van der Waals surface area (Å²) < 4.78 is 7.15. The Morgan fingerprint density at radius 2 is 1.80 bits per heavy atom. The number of benzene rings is 1. The summed E-state index contributed by atoms with van der Waals surface area (Å²) in [5.41, 5.74) is 12.9. The van der Waals surface area contributed by atoms with Gasteiger partial charge >= 0.3 is 0 Å². The number of rotatable bonds is 7. The minimum Gasteiger partial charge on any atom is -0.380 e. The number of nitrogen functional groups attached to an aromatic ring is 1. The zero-order chi connectivity index (χ0) is 30.0. The second kappa shape index (κ2) is 11.5. The number of aromatic nitrogens is 7. The van der Waals surface area contributed by atoms with Crippen LogP contribution in [0.5, 0.6) is 0 Å². The van der Waals surface area contributed by atoms with Crippen LogP contribution in [0.25, 0.3) is 39.6 Å². The third kappa shape index (κ3) is 5.44. The molecule has 1 aliphatic rings. The Morgan fingerprint density at radius 3 is 2.52 bits per heavy atom. The van der Waals surface area contributed by atoms with E-state index in [-0.39, 0.29) is 11.6 Å². The van der Waals surface area contributed by atoms with Crippen LogP contribution in [0.1, 0.15) is 29.8 Å². The maximum atomic E-state index is 9.06. The number of aryl methyl sites for hydroxylation is 1. The largest absolute Gasteiger partial charge is 0.380 e. The molecule has 0 amide bonds. The Bertz CT molecular complexity index is 1960. The molecule has 218 valence electrons. The number of nitrogens with zero attached hydrogens (tertiary/aromatic N) is 9. The first-order valence-electron chi connectivity index (χ1n) is 14.4. The van der Waals surface area contributed by atoms with E-state index in [9.17, 15) is 0 Å². The third-order valence-corrected chi connectivity index (χ3v) is 7.81. The monoisotopic (exact) mass is 583 g/mol. The molecule has 5 aromatic heterocycles. The van der Waals surface area contributed by atoms with E-state index in [1.165, 1.54) is 11.8 Å². The quantitative estimate of drug-likeness (QED) is 0.266. The Morgan fingerprint density at radius 1 is 0.977 bits per heavy atom. The molecule has 1 fully saturated rings. The highest BCUT2D eigenvalue weighted by atomic mass is 16.5. The second-order valence-corrected chi connectivity index (χ2v) is 10.9. The van der Waals surface area contributed by atoms with Gasteiger partial charge in [-0.05, 0) is 67.3 Å². The van der Waals surface area contributed by atoms with E-state index < -0.39 is 0 Å². The average molecular weight is 584 g/mol. The molecular weight excluding hydrogens is 554 g/mol. The van der Waals surface area contributed by atoms with Gasteiger partial charge in [-0.25, -0.2) is 19.9 Å². The molecule has 0 saturated carbocycles. The summed E-state index contributed by atoms with van der Waals surface area (Å²) in [5, 5.41) is 16.4. The van der Waals surface area contributed by atoms with E-state index in [2.05, 4.69) is 54.6 Å². The molecule has 1 aliphatic heterocycles. The highest BCUT2D eigenvalue weighted by Gasteiger charge is 2.22. The molecule has 3 N–H and O–H groups in total. The normalized spacial score (nSPS) is 14.1. The highest BCUT2D eigenvalue weighted by molar-refractivity contribution is 5.84. The van der Waals surface area contributed by atoms with Crippen molar-refractivity contribution in [1.29, 1.82) is 5.26 Å². The van der Waals surface area contributed by atoms with E-state index in [1.807, 2.05) is 48.0 Å². The Kier molecular flexibility index (Phi) is 7.13. The molecule has 12 heteroatoms. The molecule has 1 saturated heterocycles. The minimum atomic E-state index is 0.177. The molecule has 6 heterocycles. The third-order valence-electron chi connectivity index (χ3n) is 7.81. The summed E-state index contributed by atoms with van der Waals surface area (Å²) in [7, 11) is 0. The first-order valence-corrected chi connectivity index (χ1v) is 14.4. The van der Waals surface area contributed by atoms with Gasteiger partial charge in [0, 0.05) is 43.8 Å². The van der Waals surface area contributed by atoms with Crippen LogP contribution in [0.2, 0.25) is 0 Å². The lowest BCUT2D eigenvalue weighted by atomic mass is 10.0. The lowest BCUT2D eigenvalue weighted by Crippen LogP contribution is -2.38. The molecule has 7 rings (SSSR count). The molecule has 12 nitrogen and oxygen atoms in total. The fourth-order valence-corrected chi connectivity index (χ4v) is 5.50. The van der Waals surface area contributed by atoms with Crippen molar-refractivity contribution in [3.63, 3.8) is 0 Å². The van der Waals surface area contributed by atoms with Crippen LogP contribution in [-0.4, -0.2) is 58.7 Å². The molecule has 1 aromatic carbocycles. The first-order chi connectivity index (χ1) is 21.5. The summed E-state index contributed by atoms with van der Waals surface area (Å²) in [5.74, 6) is 1.74. The summed E-state index contributed by atoms with van der Waals surface area (Å²) >= 11 is 0. The van der Waals surface area contributed by atoms with E-state index in [0.717, 1.165) is 60.6 Å². The van der Waals surface area contributed by atoms with Gasteiger partial charge in [0.1, 0.15) is 29.2 Å². The fourth-order valence-electron chi connectivity index (χ4n) is 5.50. The number of nitriles is 1. The number of anilines is 2. The number of nitrogens with one attached hydrogen (secondary N) is 1. The zero-order valence-electron chi connectivity index (χ0n) is 24.1. The molecular formula is C32H29N11O. The SMILES string of the molecule is Cc1ccc(-c2ccc3nc(-c4conc4N)n(-c4ccc(CN5CCC(Nc6ccnc(C#N)n6)CC5)cc4)c3n2)nc1. The van der Waals surface area contributed by atoms with Crippen LogP contribution in [0.15, 0.2) is 77.8 Å². The van der Waals surface area contributed by atoms with Crippen LogP contribution in [0.4, 0.5) is 11.6 Å². The minimum absolute atomic E-state index is 0.177. The van der Waals surface area contributed by atoms with Crippen molar-refractivity contribution in [1.82, 2.24) is 39.5 Å². The number of imidazole rings is 1. The number of pyridine rings is 2. The summed E-state index contributed by atoms with van der Waals surface area (Å²) in [6.45, 7) is 4.77. The molecule has 6 aromatic rings. The molecule has 0 bridgehead atoms. The maximum absolute atomic E-state index is 9.06. The predicted octanol–water partition coefficient (Wildman–Crippen LogP) is 4.77. The van der Waals surface area contributed by atoms with E-state index in [0.29, 0.717) is 28.9 Å². The van der Waals surface area contributed by atoms with Crippen molar-refractivity contribution >= 4 is 22.8 Å². The smallest absolute Gasteiger partial charge is 0.234 e. The Labute approximate surface area is 253 Å². The number of hydrogen-bond acceptors (Lipinski definition) is 11. The van der Waals surface area contributed by atoms with Gasteiger partial charge in [0.05, 0.1) is 11.4 Å². The standard InChI is InChI=1S/C32H29N11O/c1-20-2-7-25(36-17-20)26-8-9-27-32(38-26)43(31(39-27)24-19-44-41-30(24)34)23-5-3-21(4-6-23)18-42-14-11-22(12-15-42)37-28-10-13-35-29(16-33)40-28/h2-10,13,17,19,22H,11-12,14-15,18H2,1H3,(H2,34,41)(H,35,37,40). The number of likely N-dealkylation sites (tertiary alicyclic amines) is 1. The molecule has 0 aliphatic carbocycles. The number of piperidine rings is 1. The molecule has 0 unspecified atom stereocenters. The topological polar surface area (TPSA) is 160 Å². The van der Waals surface area contributed by atoms with Crippen LogP contribution < -0.4 is 11.1 Å². The van der Waals surface area contributed by atoms with Crippen molar-refractivity contribution in [2.45, 2.75) is 32.4 Å². The number of hydrogen-bond donors (Lipinski definition) is 2. The van der Waals surface area contributed by atoms with Gasteiger partial charge in [-0.15, -0.1) is 0 Å². The van der Waals surface area contributed by atoms with E-state index in [1.54, 1.807) is 12.3 Å². The zero-order valence-corrected chi connectivity index (χ0v) is 24.1. The predicted molar refractivity (Wildman–Crippen MR) is 165 cm³/mol. The highest BCUT2D eigenvalue weighted by Crippen LogP contribution is 2.32. The van der Waals surface area contributed by atoms with E-state index in [4.69, 9.17) is 25.5 Å². The summed E-state index contributed by atoms with van der Waals surface area (Å²) in [4.78, 5) is 25.1. The number of nitrogens with two attached hydrogens (primary N) is 1. The van der Waals surface area contributed by atoms with Gasteiger partial charge in [-0.3, -0.25) is 14.5 Å². The van der Waals surface area contributed by atoms with Crippen molar-refractivity contribution in [3.05, 3.63) is 90.2 Å². The molecule has 0 atom stereocenters. The first kappa shape index (κ1) is 27.2. The fraction of sp³-hybridized carbons (Fsp3) is 0.219. The lowest BCUT2D eigenvalue weighted by molar-refractivity contribution is 0.211. The van der Waals surface area contributed by atoms with Crippen LogP contribution in [0.3, 0.4) is 0 Å². The summed E-state index contributed by atoms with van der Waals surface area (Å²) in [6.07, 6.45) is 6.93. The van der Waals surface area contributed by atoms with Crippen molar-refractivity contribution in [2.75, 3.05) is 24.1 Å². The Balaban J connectivity index is 1.12. The maximum Gasteiger partial charge on any atom is 0.234 e. The van der Waals surface area contributed by atoms with E-state index >= 15 is 0 Å². The average Bonchev–Trinajstić information content (AvgIpc) is 3.65. The van der Waals surface area contributed by atoms with Crippen molar-refractivity contribution in [3.8, 4) is 34.5 Å². The van der Waals surface area contributed by atoms with Gasteiger partial charge in [0.2, 0.25) is 5.82 Å². The van der Waals surface area contributed by atoms with Gasteiger partial charge in [0.15, 0.2) is 17.3 Å². The van der Waals surface area contributed by atoms with Gasteiger partial charge < -0.3 is 15.6 Å². The lowest BCUT2D eigenvalue weighted by Gasteiger charge is -2.32. The van der Waals surface area contributed by atoms with Crippen molar-refractivity contribution < 1.29 is 4.52 Å². The van der Waals surface area contributed by atoms with Crippen LogP contribution in [-0.2, 0) is 6.54 Å². The second-order valence-electron chi connectivity index (χ2n) is 10.9. The van der Waals surface area contributed by atoms with Gasteiger partial charge in [-0.1, -0.05) is 23.4 Å².